The van der Waals surface area contributed by atoms with Crippen LogP contribution in [-0.2, 0) is 0 Å². The van der Waals surface area contributed by atoms with Crippen LogP contribution in [0.25, 0.3) is 5.69 Å². The SMILES string of the molecule is CCCN(C(=O)c1nc(C(C)C)n(-c2cccc(F)c2)n1)C1CCNCC1. The van der Waals surface area contributed by atoms with Crippen molar-refractivity contribution in [3.05, 3.63) is 41.7 Å². The van der Waals surface area contributed by atoms with Crippen LogP contribution in [0.1, 0.15) is 62.4 Å². The summed E-state index contributed by atoms with van der Waals surface area (Å²) in [5.41, 5.74) is 0.578. The van der Waals surface area contributed by atoms with E-state index in [0.717, 1.165) is 32.4 Å². The molecule has 1 aliphatic rings. The Kier molecular flexibility index (Phi) is 6.21. The second-order valence-corrected chi connectivity index (χ2v) is 7.32. The van der Waals surface area contributed by atoms with E-state index in [1.807, 2.05) is 18.7 Å². The van der Waals surface area contributed by atoms with Crippen molar-refractivity contribution in [2.45, 2.75) is 52.0 Å². The van der Waals surface area contributed by atoms with Crippen molar-refractivity contribution in [1.29, 1.82) is 0 Å². The van der Waals surface area contributed by atoms with Gasteiger partial charge in [-0.25, -0.2) is 14.1 Å². The topological polar surface area (TPSA) is 63.1 Å². The highest BCUT2D eigenvalue weighted by Gasteiger charge is 2.29. The molecule has 1 amide bonds. The number of hydrogen-bond acceptors (Lipinski definition) is 4. The molecule has 0 spiro atoms. The van der Waals surface area contributed by atoms with E-state index in [9.17, 15) is 9.18 Å². The molecule has 0 radical (unpaired) electrons. The molecule has 7 heteroatoms. The predicted octanol–water partition coefficient (Wildman–Crippen LogP) is 3.13. The lowest BCUT2D eigenvalue weighted by Gasteiger charge is -2.33. The van der Waals surface area contributed by atoms with Gasteiger partial charge in [-0.05, 0) is 50.6 Å². The smallest absolute Gasteiger partial charge is 0.293 e. The Bertz CT molecular complexity index is 782. The van der Waals surface area contributed by atoms with Crippen molar-refractivity contribution in [1.82, 2.24) is 25.0 Å². The first-order valence-corrected chi connectivity index (χ1v) is 9.75. The molecule has 6 nitrogen and oxygen atoms in total. The van der Waals surface area contributed by atoms with E-state index in [1.165, 1.54) is 12.1 Å². The normalized spacial score (nSPS) is 15.3. The maximum Gasteiger partial charge on any atom is 0.293 e. The van der Waals surface area contributed by atoms with Gasteiger partial charge in [0, 0.05) is 18.5 Å². The van der Waals surface area contributed by atoms with Crippen LogP contribution in [0.5, 0.6) is 0 Å². The van der Waals surface area contributed by atoms with E-state index in [0.29, 0.717) is 18.1 Å². The lowest BCUT2D eigenvalue weighted by Crippen LogP contribution is -2.46. The number of benzene rings is 1. The standard InChI is InChI=1S/C20H28FN5O/c1-4-12-25(16-8-10-22-11-9-16)20(27)18-23-19(14(2)3)26(24-18)17-7-5-6-15(21)13-17/h5-7,13-14,16,22H,4,8-12H2,1-3H3. The summed E-state index contributed by atoms with van der Waals surface area (Å²) >= 11 is 0. The average molecular weight is 373 g/mol. The van der Waals surface area contributed by atoms with Crippen LogP contribution in [0.2, 0.25) is 0 Å². The van der Waals surface area contributed by atoms with Gasteiger partial charge in [0.2, 0.25) is 5.82 Å². The number of nitrogens with zero attached hydrogens (tertiary/aromatic N) is 4. The highest BCUT2D eigenvalue weighted by Crippen LogP contribution is 2.20. The minimum Gasteiger partial charge on any atom is -0.333 e. The molecule has 2 aromatic rings. The summed E-state index contributed by atoms with van der Waals surface area (Å²) in [6, 6.07) is 6.42. The number of carbonyl (C=O) groups excluding carboxylic acids is 1. The van der Waals surface area contributed by atoms with Crippen LogP contribution in [0.15, 0.2) is 24.3 Å². The van der Waals surface area contributed by atoms with Gasteiger partial charge in [0.1, 0.15) is 11.6 Å². The lowest BCUT2D eigenvalue weighted by molar-refractivity contribution is 0.0630. The number of halogens is 1. The number of hydrogen-bond donors (Lipinski definition) is 1. The van der Waals surface area contributed by atoms with Crippen molar-refractivity contribution in [3.63, 3.8) is 0 Å². The summed E-state index contributed by atoms with van der Waals surface area (Å²) in [6.07, 6.45) is 2.76. The Morgan fingerprint density at radius 3 is 2.74 bits per heavy atom. The minimum atomic E-state index is -0.340. The monoisotopic (exact) mass is 373 g/mol. The van der Waals surface area contributed by atoms with E-state index >= 15 is 0 Å². The number of piperidine rings is 1. The van der Waals surface area contributed by atoms with E-state index in [1.54, 1.807) is 16.8 Å². The van der Waals surface area contributed by atoms with Crippen molar-refractivity contribution in [2.75, 3.05) is 19.6 Å². The van der Waals surface area contributed by atoms with Gasteiger partial charge in [-0.15, -0.1) is 5.10 Å². The van der Waals surface area contributed by atoms with Crippen LogP contribution in [0, 0.1) is 5.82 Å². The molecular formula is C20H28FN5O. The average Bonchev–Trinajstić information content (AvgIpc) is 3.12. The minimum absolute atomic E-state index is 0.0563. The fraction of sp³-hybridized carbons (Fsp3) is 0.550. The van der Waals surface area contributed by atoms with Crippen LogP contribution in [-0.4, -0.2) is 51.2 Å². The molecule has 146 valence electrons. The highest BCUT2D eigenvalue weighted by atomic mass is 19.1. The Hall–Kier alpha value is -2.28. The molecule has 0 atom stereocenters. The number of nitrogens with one attached hydrogen (secondary N) is 1. The number of amides is 1. The van der Waals surface area contributed by atoms with Gasteiger partial charge < -0.3 is 10.2 Å². The van der Waals surface area contributed by atoms with Gasteiger partial charge in [-0.3, -0.25) is 4.79 Å². The van der Waals surface area contributed by atoms with Gasteiger partial charge in [0.05, 0.1) is 5.69 Å². The Labute approximate surface area is 159 Å². The number of aromatic nitrogens is 3. The number of rotatable bonds is 6. The molecule has 1 saturated heterocycles. The molecule has 0 bridgehead atoms. The van der Waals surface area contributed by atoms with Gasteiger partial charge in [-0.1, -0.05) is 26.8 Å². The fourth-order valence-corrected chi connectivity index (χ4v) is 3.52. The molecule has 0 saturated carbocycles. The molecule has 1 aliphatic heterocycles. The van der Waals surface area contributed by atoms with Gasteiger partial charge in [0.15, 0.2) is 0 Å². The van der Waals surface area contributed by atoms with Crippen LogP contribution in [0.3, 0.4) is 0 Å². The summed E-state index contributed by atoms with van der Waals surface area (Å²) in [7, 11) is 0. The molecule has 1 aromatic carbocycles. The molecule has 3 rings (SSSR count). The largest absolute Gasteiger partial charge is 0.333 e. The summed E-state index contributed by atoms with van der Waals surface area (Å²) in [6.45, 7) is 8.57. The Balaban J connectivity index is 1.95. The van der Waals surface area contributed by atoms with Gasteiger partial charge in [0.25, 0.3) is 5.91 Å². The van der Waals surface area contributed by atoms with E-state index in [2.05, 4.69) is 22.3 Å². The molecule has 2 heterocycles. The third-order valence-corrected chi connectivity index (χ3v) is 4.87. The molecular weight excluding hydrogens is 345 g/mol. The van der Waals surface area contributed by atoms with E-state index in [-0.39, 0.29) is 29.5 Å². The predicted molar refractivity (Wildman–Crippen MR) is 103 cm³/mol. The highest BCUT2D eigenvalue weighted by molar-refractivity contribution is 5.90. The van der Waals surface area contributed by atoms with E-state index in [4.69, 9.17) is 0 Å². The quantitative estimate of drug-likeness (QED) is 0.845. The van der Waals surface area contributed by atoms with Crippen LogP contribution >= 0.6 is 0 Å². The first-order valence-electron chi connectivity index (χ1n) is 9.75. The summed E-state index contributed by atoms with van der Waals surface area (Å²) < 4.78 is 15.3. The summed E-state index contributed by atoms with van der Waals surface area (Å²) in [5, 5.41) is 7.81. The maximum atomic E-state index is 13.7. The molecule has 1 N–H and O–H groups in total. The first kappa shape index (κ1) is 19.5. The fourth-order valence-electron chi connectivity index (χ4n) is 3.52. The third kappa shape index (κ3) is 4.35. The van der Waals surface area contributed by atoms with Crippen LogP contribution < -0.4 is 5.32 Å². The summed E-state index contributed by atoms with van der Waals surface area (Å²) in [4.78, 5) is 19.7. The van der Waals surface area contributed by atoms with Crippen LogP contribution in [0.4, 0.5) is 4.39 Å². The molecule has 27 heavy (non-hydrogen) atoms. The molecule has 1 fully saturated rings. The lowest BCUT2D eigenvalue weighted by atomic mass is 10.0. The molecule has 0 aliphatic carbocycles. The summed E-state index contributed by atoms with van der Waals surface area (Å²) in [5.74, 6) is 0.426. The second kappa shape index (κ2) is 8.61. The number of carbonyl (C=O) groups is 1. The van der Waals surface area contributed by atoms with Gasteiger partial charge >= 0.3 is 0 Å². The second-order valence-electron chi connectivity index (χ2n) is 7.32. The van der Waals surface area contributed by atoms with E-state index < -0.39 is 0 Å². The maximum absolute atomic E-state index is 13.7. The zero-order valence-electron chi connectivity index (χ0n) is 16.3. The Morgan fingerprint density at radius 2 is 2.11 bits per heavy atom. The Morgan fingerprint density at radius 1 is 1.37 bits per heavy atom. The van der Waals surface area contributed by atoms with Crippen molar-refractivity contribution >= 4 is 5.91 Å². The first-order chi connectivity index (χ1) is 13.0. The zero-order chi connectivity index (χ0) is 19.4. The molecule has 1 aromatic heterocycles. The molecule has 0 unspecified atom stereocenters. The van der Waals surface area contributed by atoms with Gasteiger partial charge in [-0.2, -0.15) is 0 Å². The van der Waals surface area contributed by atoms with Crippen molar-refractivity contribution < 1.29 is 9.18 Å². The third-order valence-electron chi connectivity index (χ3n) is 4.87. The zero-order valence-corrected chi connectivity index (χ0v) is 16.3. The van der Waals surface area contributed by atoms with Crippen molar-refractivity contribution in [2.24, 2.45) is 0 Å². The van der Waals surface area contributed by atoms with Crippen molar-refractivity contribution in [3.8, 4) is 5.69 Å².